The molecule has 0 aliphatic heterocycles. The summed E-state index contributed by atoms with van der Waals surface area (Å²) < 4.78 is 47.9. The zero-order chi connectivity index (χ0) is 12.7. The molecule has 0 spiro atoms. The van der Waals surface area contributed by atoms with Crippen molar-refractivity contribution in [3.8, 4) is 0 Å². The standard InChI is InChI=1S/C6HCl2F2NO4S/c7-2-1-3(16(8,14)15)5(10)6(4(2)9)11(12)13/h1H. The highest BCUT2D eigenvalue weighted by atomic mass is 35.7. The van der Waals surface area contributed by atoms with Gasteiger partial charge in [0, 0.05) is 10.7 Å². The molecule has 0 heterocycles. The van der Waals surface area contributed by atoms with Crippen molar-refractivity contribution >= 4 is 37.0 Å². The Bertz CT molecular complexity index is 574. The van der Waals surface area contributed by atoms with Crippen molar-refractivity contribution < 1.29 is 22.1 Å². The minimum Gasteiger partial charge on any atom is -0.258 e. The zero-order valence-corrected chi connectivity index (χ0v) is 9.41. The predicted molar refractivity (Wildman–Crippen MR) is 51.1 cm³/mol. The van der Waals surface area contributed by atoms with Gasteiger partial charge in [-0.1, -0.05) is 11.6 Å². The van der Waals surface area contributed by atoms with E-state index in [9.17, 15) is 27.3 Å². The summed E-state index contributed by atoms with van der Waals surface area (Å²) in [6.07, 6.45) is 0. The maximum atomic E-state index is 13.3. The second-order valence-corrected chi connectivity index (χ2v) is 5.47. The first-order valence-corrected chi connectivity index (χ1v) is 6.11. The Morgan fingerprint density at radius 2 is 1.81 bits per heavy atom. The van der Waals surface area contributed by atoms with Crippen LogP contribution in [-0.2, 0) is 9.05 Å². The molecule has 1 aromatic rings. The highest BCUT2D eigenvalue weighted by Crippen LogP contribution is 2.33. The van der Waals surface area contributed by atoms with Gasteiger partial charge in [0.05, 0.1) is 9.95 Å². The Morgan fingerprint density at radius 3 is 2.19 bits per heavy atom. The molecular formula is C6HCl2F2NO4S. The van der Waals surface area contributed by atoms with Gasteiger partial charge in [-0.2, -0.15) is 8.78 Å². The number of hydrogen-bond donors (Lipinski definition) is 0. The van der Waals surface area contributed by atoms with Gasteiger partial charge in [0.15, 0.2) is 0 Å². The van der Waals surface area contributed by atoms with Crippen LogP contribution in [0.15, 0.2) is 11.0 Å². The van der Waals surface area contributed by atoms with Crippen molar-refractivity contribution in [2.45, 2.75) is 4.90 Å². The lowest BCUT2D eigenvalue weighted by Crippen LogP contribution is -2.04. The van der Waals surface area contributed by atoms with Gasteiger partial charge < -0.3 is 0 Å². The monoisotopic (exact) mass is 291 g/mol. The van der Waals surface area contributed by atoms with Gasteiger partial charge in [-0.05, 0) is 6.07 Å². The van der Waals surface area contributed by atoms with Crippen LogP contribution >= 0.6 is 22.3 Å². The van der Waals surface area contributed by atoms with Crippen molar-refractivity contribution in [3.63, 3.8) is 0 Å². The lowest BCUT2D eigenvalue weighted by Gasteiger charge is -2.02. The minimum absolute atomic E-state index is 0.363. The first-order chi connectivity index (χ1) is 7.16. The van der Waals surface area contributed by atoms with E-state index < -0.39 is 41.2 Å². The lowest BCUT2D eigenvalue weighted by molar-refractivity contribution is -0.390. The van der Waals surface area contributed by atoms with E-state index in [1.807, 2.05) is 0 Å². The number of nitro benzene ring substituents is 1. The Balaban J connectivity index is 3.78. The third-order valence-electron chi connectivity index (χ3n) is 1.54. The fourth-order valence-corrected chi connectivity index (χ4v) is 2.08. The maximum Gasteiger partial charge on any atom is 0.343 e. The summed E-state index contributed by atoms with van der Waals surface area (Å²) in [5.41, 5.74) is -1.66. The summed E-state index contributed by atoms with van der Waals surface area (Å²) in [4.78, 5) is 7.63. The van der Waals surface area contributed by atoms with Crippen LogP contribution in [0, 0.1) is 21.7 Å². The first-order valence-electron chi connectivity index (χ1n) is 3.42. The van der Waals surface area contributed by atoms with Gasteiger partial charge >= 0.3 is 5.69 Å². The predicted octanol–water partition coefficient (Wildman–Crippen LogP) is 2.45. The highest BCUT2D eigenvalue weighted by Gasteiger charge is 2.31. The Labute approximate surface area is 97.2 Å². The Morgan fingerprint density at radius 1 is 1.31 bits per heavy atom. The summed E-state index contributed by atoms with van der Waals surface area (Å²) in [5.74, 6) is -3.55. The van der Waals surface area contributed by atoms with Crippen molar-refractivity contribution in [3.05, 3.63) is 32.8 Å². The molecule has 0 amide bonds. The summed E-state index contributed by atoms with van der Waals surface area (Å²) >= 11 is 5.17. The van der Waals surface area contributed by atoms with Crippen LogP contribution in [-0.4, -0.2) is 13.3 Å². The first kappa shape index (κ1) is 13.1. The van der Waals surface area contributed by atoms with Crippen LogP contribution in [0.2, 0.25) is 5.02 Å². The number of hydrogen-bond acceptors (Lipinski definition) is 4. The molecule has 1 rings (SSSR count). The largest absolute Gasteiger partial charge is 0.343 e. The number of benzene rings is 1. The topological polar surface area (TPSA) is 77.3 Å². The van der Waals surface area contributed by atoms with Gasteiger partial charge in [0.25, 0.3) is 9.05 Å². The SMILES string of the molecule is O=[N+]([O-])c1c(F)c(Cl)cc(S(=O)(=O)Cl)c1F. The smallest absolute Gasteiger partial charge is 0.258 e. The summed E-state index contributed by atoms with van der Waals surface area (Å²) in [7, 11) is 0.206. The second kappa shape index (κ2) is 4.11. The van der Waals surface area contributed by atoms with Gasteiger partial charge in [0.2, 0.25) is 11.6 Å². The molecule has 0 radical (unpaired) electrons. The molecule has 0 aliphatic carbocycles. The number of rotatable bonds is 2. The average molecular weight is 292 g/mol. The Kier molecular flexibility index (Phi) is 3.36. The van der Waals surface area contributed by atoms with Crippen LogP contribution in [0.25, 0.3) is 0 Å². The average Bonchev–Trinajstić information content (AvgIpc) is 2.09. The fourth-order valence-electron chi connectivity index (χ4n) is 0.906. The van der Waals surface area contributed by atoms with E-state index in [4.69, 9.17) is 22.3 Å². The van der Waals surface area contributed by atoms with Crippen LogP contribution in [0.4, 0.5) is 14.5 Å². The van der Waals surface area contributed by atoms with Crippen LogP contribution in [0.3, 0.4) is 0 Å². The second-order valence-electron chi connectivity index (χ2n) is 2.53. The minimum atomic E-state index is -4.59. The normalized spacial score (nSPS) is 11.5. The van der Waals surface area contributed by atoms with E-state index >= 15 is 0 Å². The van der Waals surface area contributed by atoms with E-state index in [1.54, 1.807) is 0 Å². The maximum absolute atomic E-state index is 13.3. The molecular weight excluding hydrogens is 291 g/mol. The van der Waals surface area contributed by atoms with Gasteiger partial charge in [0.1, 0.15) is 4.90 Å². The van der Waals surface area contributed by atoms with Crippen molar-refractivity contribution in [2.24, 2.45) is 0 Å². The van der Waals surface area contributed by atoms with Crippen LogP contribution < -0.4 is 0 Å². The van der Waals surface area contributed by atoms with E-state index in [0.29, 0.717) is 6.07 Å². The lowest BCUT2D eigenvalue weighted by atomic mass is 10.3. The van der Waals surface area contributed by atoms with Gasteiger partial charge in [-0.3, -0.25) is 10.1 Å². The van der Waals surface area contributed by atoms with E-state index in [1.165, 1.54) is 0 Å². The number of halogens is 4. The number of nitrogens with zero attached hydrogens (tertiary/aromatic N) is 1. The molecule has 0 aliphatic rings. The van der Waals surface area contributed by atoms with Crippen LogP contribution in [0.1, 0.15) is 0 Å². The van der Waals surface area contributed by atoms with Crippen molar-refractivity contribution in [1.29, 1.82) is 0 Å². The van der Waals surface area contributed by atoms with Gasteiger partial charge in [-0.25, -0.2) is 8.42 Å². The van der Waals surface area contributed by atoms with E-state index in [-0.39, 0.29) is 0 Å². The molecule has 0 fully saturated rings. The molecule has 88 valence electrons. The molecule has 0 unspecified atom stereocenters. The third kappa shape index (κ3) is 2.23. The number of nitro groups is 1. The molecule has 16 heavy (non-hydrogen) atoms. The van der Waals surface area contributed by atoms with E-state index in [2.05, 4.69) is 0 Å². The van der Waals surface area contributed by atoms with Crippen LogP contribution in [0.5, 0.6) is 0 Å². The van der Waals surface area contributed by atoms with Gasteiger partial charge in [-0.15, -0.1) is 0 Å². The summed E-state index contributed by atoms with van der Waals surface area (Å²) in [6.45, 7) is 0. The quantitative estimate of drug-likeness (QED) is 0.363. The summed E-state index contributed by atoms with van der Waals surface area (Å²) in [5, 5.41) is 9.39. The molecule has 0 aromatic heterocycles. The van der Waals surface area contributed by atoms with E-state index in [0.717, 1.165) is 0 Å². The highest BCUT2D eigenvalue weighted by molar-refractivity contribution is 8.13. The molecule has 10 heteroatoms. The molecule has 5 nitrogen and oxygen atoms in total. The molecule has 0 bridgehead atoms. The van der Waals surface area contributed by atoms with Crippen molar-refractivity contribution in [2.75, 3.05) is 0 Å². The Hall–Kier alpha value is -0.990. The molecule has 0 atom stereocenters. The van der Waals surface area contributed by atoms with Crippen molar-refractivity contribution in [1.82, 2.24) is 0 Å². The molecule has 0 saturated heterocycles. The zero-order valence-electron chi connectivity index (χ0n) is 7.08. The summed E-state index contributed by atoms with van der Waals surface area (Å²) in [6, 6.07) is 0.363. The molecule has 0 saturated carbocycles. The third-order valence-corrected chi connectivity index (χ3v) is 3.14. The molecule has 0 N–H and O–H groups in total. The fraction of sp³-hybridized carbons (Fsp3) is 0. The molecule has 1 aromatic carbocycles.